The predicted molar refractivity (Wildman–Crippen MR) is 75.9 cm³/mol. The topological polar surface area (TPSA) is 18.5 Å². The van der Waals surface area contributed by atoms with Crippen molar-refractivity contribution in [1.82, 2.24) is 0 Å². The number of ether oxygens (including phenoxy) is 2. The quantitative estimate of drug-likeness (QED) is 0.832. The monoisotopic (exact) mass is 268 g/mol. The van der Waals surface area contributed by atoms with Crippen molar-refractivity contribution in [3.05, 3.63) is 30.3 Å². The van der Waals surface area contributed by atoms with Gasteiger partial charge >= 0.3 is 0 Å². The van der Waals surface area contributed by atoms with Crippen molar-refractivity contribution in [1.29, 1.82) is 0 Å². The maximum Gasteiger partial charge on any atom is 0.137 e. The Balaban J connectivity index is 2.90. The van der Waals surface area contributed by atoms with Crippen LogP contribution in [0.2, 0.25) is 0 Å². The van der Waals surface area contributed by atoms with Crippen LogP contribution in [0.25, 0.3) is 10.8 Å². The van der Waals surface area contributed by atoms with Gasteiger partial charge in [0.15, 0.2) is 0 Å². The van der Waals surface area contributed by atoms with Crippen LogP contribution in [-0.2, 0) is 0 Å². The maximum atomic E-state index is 14.5. The van der Waals surface area contributed by atoms with E-state index in [1.165, 1.54) is 0 Å². The minimum atomic E-state index is -2.38. The first-order chi connectivity index (χ1) is 8.49. The molecule has 0 spiro atoms. The van der Waals surface area contributed by atoms with Crippen LogP contribution >= 0.6 is 10.4 Å². The Morgan fingerprint density at radius 1 is 0.944 bits per heavy atom. The van der Waals surface area contributed by atoms with Gasteiger partial charge in [-0.15, -0.1) is 0 Å². The van der Waals surface area contributed by atoms with Gasteiger partial charge in [0.2, 0.25) is 0 Å². The van der Waals surface area contributed by atoms with Crippen LogP contribution < -0.4 is 9.47 Å². The van der Waals surface area contributed by atoms with Crippen molar-refractivity contribution >= 4 is 21.2 Å². The molecular weight excluding hydrogens is 251 g/mol. The fourth-order valence-corrected chi connectivity index (χ4v) is 3.43. The third-order valence-electron chi connectivity index (χ3n) is 2.85. The van der Waals surface area contributed by atoms with Crippen molar-refractivity contribution in [2.24, 2.45) is 0 Å². The van der Waals surface area contributed by atoms with Gasteiger partial charge in [0.1, 0.15) is 11.5 Å². The lowest BCUT2D eigenvalue weighted by atomic mass is 10.1. The van der Waals surface area contributed by atoms with E-state index in [2.05, 4.69) is 0 Å². The van der Waals surface area contributed by atoms with Gasteiger partial charge in [-0.3, -0.25) is 0 Å². The second kappa shape index (κ2) is 4.69. The molecule has 0 radical (unpaired) electrons. The van der Waals surface area contributed by atoms with Gasteiger partial charge in [-0.1, -0.05) is 34.7 Å². The lowest BCUT2D eigenvalue weighted by Gasteiger charge is -2.25. The number of methoxy groups -OCH3 is 2. The first-order valence-electron chi connectivity index (χ1n) is 5.55. The molecule has 0 heterocycles. The molecule has 4 heteroatoms. The molecule has 0 atom stereocenters. The first-order valence-corrected chi connectivity index (χ1v) is 7.90. The zero-order chi connectivity index (χ0) is 13.3. The van der Waals surface area contributed by atoms with Crippen molar-refractivity contribution in [3.63, 3.8) is 0 Å². The van der Waals surface area contributed by atoms with E-state index in [0.717, 1.165) is 10.8 Å². The Labute approximate surface area is 108 Å². The number of benzene rings is 2. The van der Waals surface area contributed by atoms with E-state index in [4.69, 9.17) is 9.47 Å². The summed E-state index contributed by atoms with van der Waals surface area (Å²) >= 11 is 0. The molecule has 2 aromatic carbocycles. The van der Waals surface area contributed by atoms with Gasteiger partial charge < -0.3 is 9.47 Å². The molecule has 2 rings (SSSR count). The third kappa shape index (κ3) is 2.12. The highest BCUT2D eigenvalue weighted by Crippen LogP contribution is 2.58. The van der Waals surface area contributed by atoms with E-state index < -0.39 is 10.4 Å². The number of hydrogen-bond donors (Lipinski definition) is 0. The summed E-state index contributed by atoms with van der Waals surface area (Å²) in [6.45, 7) is 0. The molecule has 0 aliphatic rings. The summed E-state index contributed by atoms with van der Waals surface area (Å²) in [5, 5.41) is 1.77. The second-order valence-corrected chi connectivity index (χ2v) is 7.17. The van der Waals surface area contributed by atoms with Crippen molar-refractivity contribution in [2.75, 3.05) is 26.7 Å². The van der Waals surface area contributed by atoms with Gasteiger partial charge in [-0.25, -0.2) is 0 Å². The lowest BCUT2D eigenvalue weighted by Crippen LogP contribution is -1.98. The SMILES string of the molecule is COc1cc(OC)c2ccccc2c1S(C)(C)F. The zero-order valence-electron chi connectivity index (χ0n) is 11.0. The van der Waals surface area contributed by atoms with E-state index in [1.54, 1.807) is 32.8 Å². The van der Waals surface area contributed by atoms with Crippen LogP contribution in [0, 0.1) is 0 Å². The summed E-state index contributed by atoms with van der Waals surface area (Å²) in [5.74, 6) is 1.25. The number of hydrogen-bond acceptors (Lipinski definition) is 2. The molecule has 0 bridgehead atoms. The zero-order valence-corrected chi connectivity index (χ0v) is 11.8. The Kier molecular flexibility index (Phi) is 3.39. The highest BCUT2D eigenvalue weighted by atomic mass is 32.3. The van der Waals surface area contributed by atoms with Crippen molar-refractivity contribution in [3.8, 4) is 11.5 Å². The molecule has 98 valence electrons. The van der Waals surface area contributed by atoms with Crippen LogP contribution in [0.3, 0.4) is 0 Å². The minimum Gasteiger partial charge on any atom is -0.496 e. The summed E-state index contributed by atoms with van der Waals surface area (Å²) in [7, 11) is 0.782. The molecular formula is C14H17FO2S. The highest BCUT2D eigenvalue weighted by molar-refractivity contribution is 8.28. The standard InChI is InChI=1S/C14H17FO2S/c1-16-12-9-13(17-2)14(18(3,4)15)11-8-6-5-7-10(11)12/h5-9H,1-4H3. The molecule has 0 aliphatic heterocycles. The van der Waals surface area contributed by atoms with Gasteiger partial charge in [0.25, 0.3) is 0 Å². The Morgan fingerprint density at radius 2 is 1.50 bits per heavy atom. The summed E-state index contributed by atoms with van der Waals surface area (Å²) in [4.78, 5) is 0.640. The molecule has 2 nitrogen and oxygen atoms in total. The van der Waals surface area contributed by atoms with Crippen molar-refractivity contribution in [2.45, 2.75) is 4.90 Å². The summed E-state index contributed by atoms with van der Waals surface area (Å²) in [6.07, 6.45) is 3.23. The van der Waals surface area contributed by atoms with E-state index in [-0.39, 0.29) is 0 Å². The summed E-state index contributed by atoms with van der Waals surface area (Å²) in [6, 6.07) is 9.41. The molecule has 0 saturated heterocycles. The van der Waals surface area contributed by atoms with Gasteiger partial charge in [-0.2, -0.15) is 3.89 Å². The predicted octanol–water partition coefficient (Wildman–Crippen LogP) is 4.16. The fraction of sp³-hybridized carbons (Fsp3) is 0.286. The van der Waals surface area contributed by atoms with E-state index in [9.17, 15) is 3.89 Å². The first kappa shape index (κ1) is 13.0. The number of halogens is 1. The lowest BCUT2D eigenvalue weighted by molar-refractivity contribution is 0.391. The van der Waals surface area contributed by atoms with E-state index in [0.29, 0.717) is 16.4 Å². The van der Waals surface area contributed by atoms with Crippen LogP contribution in [0.1, 0.15) is 0 Å². The average Bonchev–Trinajstić information content (AvgIpc) is 2.35. The summed E-state index contributed by atoms with van der Waals surface area (Å²) < 4.78 is 25.2. The molecule has 0 amide bonds. The van der Waals surface area contributed by atoms with Crippen LogP contribution in [-0.4, -0.2) is 26.7 Å². The van der Waals surface area contributed by atoms with E-state index >= 15 is 0 Å². The molecule has 18 heavy (non-hydrogen) atoms. The molecule has 2 aromatic rings. The maximum absolute atomic E-state index is 14.5. The molecule has 0 saturated carbocycles. The number of fused-ring (bicyclic) bond motifs is 1. The van der Waals surface area contributed by atoms with Crippen LogP contribution in [0.4, 0.5) is 3.89 Å². The van der Waals surface area contributed by atoms with E-state index in [1.807, 2.05) is 24.3 Å². The Bertz CT molecular complexity index is 576. The Hall–Kier alpha value is -1.42. The van der Waals surface area contributed by atoms with Gasteiger partial charge in [0.05, 0.1) is 19.1 Å². The van der Waals surface area contributed by atoms with Crippen LogP contribution in [0.5, 0.6) is 11.5 Å². The Morgan fingerprint density at radius 3 is 2.00 bits per heavy atom. The third-order valence-corrected chi connectivity index (χ3v) is 4.24. The van der Waals surface area contributed by atoms with Gasteiger partial charge in [0, 0.05) is 16.8 Å². The fourth-order valence-electron chi connectivity index (χ4n) is 2.11. The molecule has 0 unspecified atom stereocenters. The minimum absolute atomic E-state index is 0.549. The highest BCUT2D eigenvalue weighted by Gasteiger charge is 2.23. The number of rotatable bonds is 3. The normalized spacial score (nSPS) is 12.5. The van der Waals surface area contributed by atoms with Crippen molar-refractivity contribution < 1.29 is 13.4 Å². The second-order valence-electron chi connectivity index (χ2n) is 4.36. The molecule has 0 N–H and O–H groups in total. The molecule has 0 fully saturated rings. The largest absolute Gasteiger partial charge is 0.496 e. The average molecular weight is 268 g/mol. The summed E-state index contributed by atoms with van der Waals surface area (Å²) in [5.41, 5.74) is 0. The molecule has 0 aliphatic carbocycles. The van der Waals surface area contributed by atoms with Gasteiger partial charge in [-0.05, 0) is 12.5 Å². The smallest absolute Gasteiger partial charge is 0.137 e. The molecule has 0 aromatic heterocycles. The van der Waals surface area contributed by atoms with Crippen LogP contribution in [0.15, 0.2) is 35.2 Å².